The summed E-state index contributed by atoms with van der Waals surface area (Å²) in [5.74, 6) is 0.730. The van der Waals surface area contributed by atoms with Gasteiger partial charge in [0.05, 0.1) is 12.6 Å². The van der Waals surface area contributed by atoms with Crippen LogP contribution in [0.15, 0.2) is 48.5 Å². The van der Waals surface area contributed by atoms with Gasteiger partial charge in [-0.25, -0.2) is 4.52 Å². The molecule has 5 heteroatoms. The molecule has 0 atom stereocenters. The molecule has 0 saturated heterocycles. The molecule has 0 aliphatic rings. The van der Waals surface area contributed by atoms with Gasteiger partial charge in [0, 0.05) is 42.0 Å². The molecular formula is C21H19N3O2. The van der Waals surface area contributed by atoms with Crippen molar-refractivity contribution in [2.24, 2.45) is 0 Å². The predicted octanol–water partition coefficient (Wildman–Crippen LogP) is 2.99. The van der Waals surface area contributed by atoms with E-state index in [1.165, 1.54) is 0 Å². The first-order chi connectivity index (χ1) is 12.6. The van der Waals surface area contributed by atoms with Crippen molar-refractivity contribution in [2.75, 3.05) is 21.2 Å². The van der Waals surface area contributed by atoms with Crippen molar-refractivity contribution in [3.05, 3.63) is 59.3 Å². The highest BCUT2D eigenvalue weighted by Crippen LogP contribution is 2.34. The van der Waals surface area contributed by atoms with Gasteiger partial charge < -0.3 is 9.64 Å². The molecule has 2 heterocycles. The summed E-state index contributed by atoms with van der Waals surface area (Å²) in [6.07, 6.45) is 2.91. The molecule has 5 nitrogen and oxygen atoms in total. The Kier molecular flexibility index (Phi) is 3.84. The Morgan fingerprint density at radius 3 is 2.54 bits per heavy atom. The van der Waals surface area contributed by atoms with E-state index < -0.39 is 0 Å². The summed E-state index contributed by atoms with van der Waals surface area (Å²) in [6, 6.07) is 15.6. The standard InChI is InChI=1S/C21H19N3O2/c1-23(2)12-17-16-10-9-14(13-25)11-18(16)24-20(17)21(26-3)19(22-24)15-7-5-4-6-8-15/h4-13H,1-3H3/b17-12-. The van der Waals surface area contributed by atoms with Crippen LogP contribution in [0.4, 0.5) is 0 Å². The number of carbonyl (C=O) groups excluding carboxylic acids is 1. The molecule has 4 aromatic rings. The summed E-state index contributed by atoms with van der Waals surface area (Å²) < 4.78 is 7.64. The first kappa shape index (κ1) is 16.1. The van der Waals surface area contributed by atoms with Crippen molar-refractivity contribution in [1.29, 1.82) is 0 Å². The van der Waals surface area contributed by atoms with Crippen LogP contribution in [0, 0.1) is 0 Å². The van der Waals surface area contributed by atoms with E-state index in [1.54, 1.807) is 7.11 Å². The van der Waals surface area contributed by atoms with Crippen molar-refractivity contribution in [1.82, 2.24) is 14.5 Å². The van der Waals surface area contributed by atoms with Crippen molar-refractivity contribution < 1.29 is 9.53 Å². The molecule has 0 bridgehead atoms. The molecule has 130 valence electrons. The molecule has 0 aliphatic carbocycles. The van der Waals surface area contributed by atoms with E-state index in [9.17, 15) is 4.79 Å². The summed E-state index contributed by atoms with van der Waals surface area (Å²) in [5, 5.41) is 6.88. The van der Waals surface area contributed by atoms with E-state index in [2.05, 4.69) is 6.20 Å². The molecule has 2 aromatic carbocycles. The fourth-order valence-electron chi connectivity index (χ4n) is 3.33. The average Bonchev–Trinajstić information content (AvgIpc) is 3.17. The van der Waals surface area contributed by atoms with Crippen molar-refractivity contribution in [3.8, 4) is 17.0 Å². The molecule has 0 unspecified atom stereocenters. The number of fused-ring (bicyclic) bond motifs is 3. The van der Waals surface area contributed by atoms with Crippen LogP contribution in [0.2, 0.25) is 0 Å². The van der Waals surface area contributed by atoms with Crippen LogP contribution in [0.5, 0.6) is 5.75 Å². The van der Waals surface area contributed by atoms with E-state index in [4.69, 9.17) is 9.84 Å². The molecule has 0 radical (unpaired) electrons. The first-order valence-electron chi connectivity index (χ1n) is 8.35. The minimum absolute atomic E-state index is 0.622. The highest BCUT2D eigenvalue weighted by Gasteiger charge is 2.20. The third kappa shape index (κ3) is 2.40. The molecule has 0 aliphatic heterocycles. The molecule has 0 N–H and O–H groups in total. The normalized spacial score (nSPS) is 12.0. The topological polar surface area (TPSA) is 46.8 Å². The lowest BCUT2D eigenvalue weighted by Crippen LogP contribution is -2.10. The maximum Gasteiger partial charge on any atom is 0.173 e. The highest BCUT2D eigenvalue weighted by molar-refractivity contribution is 5.96. The van der Waals surface area contributed by atoms with Gasteiger partial charge in [0.1, 0.15) is 17.5 Å². The average molecular weight is 345 g/mol. The summed E-state index contributed by atoms with van der Waals surface area (Å²) in [4.78, 5) is 13.2. The number of carbonyl (C=O) groups is 1. The number of hydrogen-bond donors (Lipinski definition) is 0. The van der Waals surface area contributed by atoms with Crippen LogP contribution in [0.3, 0.4) is 0 Å². The Morgan fingerprint density at radius 1 is 1.12 bits per heavy atom. The maximum atomic E-state index is 11.3. The summed E-state index contributed by atoms with van der Waals surface area (Å²) in [5.41, 5.74) is 4.19. The number of benzene rings is 2. The Morgan fingerprint density at radius 2 is 1.88 bits per heavy atom. The summed E-state index contributed by atoms with van der Waals surface area (Å²) >= 11 is 0. The molecule has 0 amide bonds. The number of aromatic nitrogens is 2. The fourth-order valence-corrected chi connectivity index (χ4v) is 3.33. The van der Waals surface area contributed by atoms with Crippen LogP contribution < -0.4 is 9.96 Å². The van der Waals surface area contributed by atoms with E-state index in [1.807, 2.05) is 72.0 Å². The fraction of sp³-hybridized carbons (Fsp3) is 0.143. The Labute approximate surface area is 151 Å². The minimum Gasteiger partial charge on any atom is -0.492 e. The highest BCUT2D eigenvalue weighted by atomic mass is 16.5. The zero-order valence-electron chi connectivity index (χ0n) is 14.9. The van der Waals surface area contributed by atoms with E-state index in [-0.39, 0.29) is 0 Å². The Hall–Kier alpha value is -3.34. The molecule has 0 spiro atoms. The van der Waals surface area contributed by atoms with Crippen LogP contribution >= 0.6 is 0 Å². The Balaban J connectivity index is 2.18. The lowest BCUT2D eigenvalue weighted by molar-refractivity contribution is 0.112. The monoisotopic (exact) mass is 345 g/mol. The number of hydrogen-bond acceptors (Lipinski definition) is 4. The molecule has 4 rings (SSSR count). The molecule has 26 heavy (non-hydrogen) atoms. The van der Waals surface area contributed by atoms with Crippen molar-refractivity contribution in [3.63, 3.8) is 0 Å². The van der Waals surface area contributed by atoms with Gasteiger partial charge in [-0.05, 0) is 6.07 Å². The lowest BCUT2D eigenvalue weighted by atomic mass is 10.1. The first-order valence-corrected chi connectivity index (χ1v) is 8.35. The SMILES string of the molecule is COc1c(-c2ccccc2)nn2c1/c(=C\N(C)C)c1ccc(C=O)cc12. The van der Waals surface area contributed by atoms with Gasteiger partial charge in [0.2, 0.25) is 0 Å². The molecule has 2 aromatic heterocycles. The van der Waals surface area contributed by atoms with Gasteiger partial charge in [-0.15, -0.1) is 0 Å². The number of ether oxygens (including phenoxy) is 1. The van der Waals surface area contributed by atoms with E-state index in [0.29, 0.717) is 5.56 Å². The third-order valence-electron chi connectivity index (χ3n) is 4.41. The summed E-state index contributed by atoms with van der Waals surface area (Å²) in [6.45, 7) is 0. The zero-order valence-corrected chi connectivity index (χ0v) is 14.9. The number of rotatable bonds is 4. The number of methoxy groups -OCH3 is 1. The molecular weight excluding hydrogens is 326 g/mol. The second-order valence-electron chi connectivity index (χ2n) is 6.41. The number of aldehydes is 1. The Bertz CT molecular complexity index is 1160. The van der Waals surface area contributed by atoms with Gasteiger partial charge >= 0.3 is 0 Å². The predicted molar refractivity (Wildman–Crippen MR) is 103 cm³/mol. The minimum atomic E-state index is 0.622. The van der Waals surface area contributed by atoms with Crippen molar-refractivity contribution >= 4 is 28.9 Å². The van der Waals surface area contributed by atoms with Gasteiger partial charge in [-0.2, -0.15) is 5.10 Å². The second kappa shape index (κ2) is 6.19. The number of nitrogens with zero attached hydrogens (tertiary/aromatic N) is 3. The van der Waals surface area contributed by atoms with Gasteiger partial charge in [-0.1, -0.05) is 42.5 Å². The molecule has 0 fully saturated rings. The van der Waals surface area contributed by atoms with Crippen LogP contribution in [-0.4, -0.2) is 42.0 Å². The summed E-state index contributed by atoms with van der Waals surface area (Å²) in [7, 11) is 5.63. The van der Waals surface area contributed by atoms with E-state index in [0.717, 1.165) is 44.9 Å². The third-order valence-corrected chi connectivity index (χ3v) is 4.41. The second-order valence-corrected chi connectivity index (χ2v) is 6.41. The molecule has 0 saturated carbocycles. The van der Waals surface area contributed by atoms with E-state index >= 15 is 0 Å². The zero-order chi connectivity index (χ0) is 18.3. The van der Waals surface area contributed by atoms with Gasteiger partial charge in [0.15, 0.2) is 5.75 Å². The smallest absolute Gasteiger partial charge is 0.173 e. The van der Waals surface area contributed by atoms with Crippen LogP contribution in [-0.2, 0) is 0 Å². The maximum absolute atomic E-state index is 11.3. The van der Waals surface area contributed by atoms with Gasteiger partial charge in [-0.3, -0.25) is 4.79 Å². The van der Waals surface area contributed by atoms with Crippen molar-refractivity contribution in [2.45, 2.75) is 0 Å². The van der Waals surface area contributed by atoms with Gasteiger partial charge in [0.25, 0.3) is 0 Å². The quantitative estimate of drug-likeness (QED) is 0.534. The van der Waals surface area contributed by atoms with Crippen LogP contribution in [0.25, 0.3) is 33.9 Å². The van der Waals surface area contributed by atoms with Crippen LogP contribution in [0.1, 0.15) is 10.4 Å². The largest absolute Gasteiger partial charge is 0.492 e. The lowest BCUT2D eigenvalue weighted by Gasteiger charge is -2.04.